The van der Waals surface area contributed by atoms with Crippen molar-refractivity contribution in [2.45, 2.75) is 76.9 Å². The zero-order chi connectivity index (χ0) is 33.4. The first-order valence-electron chi connectivity index (χ1n) is 18.1. The molecule has 11 rings (SSSR count). The second-order valence-corrected chi connectivity index (χ2v) is 16.7. The molecule has 0 amide bonds. The predicted octanol–water partition coefficient (Wildman–Crippen LogP) is 7.56. The van der Waals surface area contributed by atoms with Crippen LogP contribution in [-0.2, 0) is 10.8 Å². The number of anilines is 3. The summed E-state index contributed by atoms with van der Waals surface area (Å²) in [6.45, 7) is 14.5. The largest absolute Gasteiger partial charge is 0.537 e. The second kappa shape index (κ2) is 8.71. The minimum absolute atomic E-state index is 0.00836. The van der Waals surface area contributed by atoms with E-state index in [9.17, 15) is 0 Å². The highest BCUT2D eigenvalue weighted by molar-refractivity contribution is 6.70. The third-order valence-electron chi connectivity index (χ3n) is 14.4. The molecule has 5 aliphatic heterocycles. The van der Waals surface area contributed by atoms with Crippen LogP contribution in [0.15, 0.2) is 109 Å². The van der Waals surface area contributed by atoms with E-state index in [0.29, 0.717) is 12.0 Å². The van der Waals surface area contributed by atoms with Crippen LogP contribution in [0, 0.1) is 19.3 Å². The number of rotatable bonds is 1. The number of nitrogens with zero attached hydrogens (tertiary/aromatic N) is 5. The summed E-state index contributed by atoms with van der Waals surface area (Å²) in [4.78, 5) is 7.97. The fourth-order valence-electron chi connectivity index (χ4n) is 11.5. The molecule has 1 aromatic heterocycles. The van der Waals surface area contributed by atoms with E-state index < -0.39 is 0 Å². The van der Waals surface area contributed by atoms with Gasteiger partial charge in [0.2, 0.25) is 0 Å². The molecule has 49 heavy (non-hydrogen) atoms. The Morgan fingerprint density at radius 3 is 2.20 bits per heavy atom. The first-order chi connectivity index (χ1) is 23.6. The molecule has 4 atom stereocenters. The molecular formula is C43H43BN5+. The van der Waals surface area contributed by atoms with Gasteiger partial charge in [-0.15, -0.1) is 0 Å². The SMILES string of the molecule is Cc1cccc(C)c1B1N(C)c2cccc3c2-c2n(cc[n+]21)C1C3CC12c1ccccc1N1C=C3N(c4ccccc4C(C)(C)C3(C)C)C12. The van der Waals surface area contributed by atoms with Gasteiger partial charge in [-0.05, 0) is 73.3 Å². The van der Waals surface area contributed by atoms with Crippen molar-refractivity contribution in [1.29, 1.82) is 0 Å². The molecule has 5 aromatic rings. The molecule has 4 unspecified atom stereocenters. The van der Waals surface area contributed by atoms with E-state index in [-0.39, 0.29) is 29.4 Å². The van der Waals surface area contributed by atoms with Crippen LogP contribution in [0.2, 0.25) is 0 Å². The molecular weight excluding hydrogens is 597 g/mol. The molecule has 4 aromatic carbocycles. The number of allylic oxidation sites excluding steroid dienone is 1. The number of aromatic nitrogens is 2. The molecule has 0 bridgehead atoms. The molecule has 0 radical (unpaired) electrons. The number of hydrogen-bond acceptors (Lipinski definition) is 3. The van der Waals surface area contributed by atoms with Crippen molar-refractivity contribution in [3.63, 3.8) is 0 Å². The van der Waals surface area contributed by atoms with Crippen molar-refractivity contribution in [3.8, 4) is 11.4 Å². The van der Waals surface area contributed by atoms with Crippen LogP contribution in [0.1, 0.15) is 73.9 Å². The zero-order valence-corrected chi connectivity index (χ0v) is 29.6. The minimum atomic E-state index is -0.0946. The normalized spacial score (nSPS) is 26.8. The number of hydrogen-bond donors (Lipinski definition) is 0. The number of fused-ring (bicyclic) bond motifs is 13. The molecule has 1 aliphatic carbocycles. The van der Waals surface area contributed by atoms with E-state index in [1.54, 1.807) is 0 Å². The van der Waals surface area contributed by atoms with Gasteiger partial charge < -0.3 is 14.6 Å². The summed E-state index contributed by atoms with van der Waals surface area (Å²) in [5, 5.41) is 0. The van der Waals surface area contributed by atoms with E-state index in [2.05, 4.69) is 176 Å². The predicted molar refractivity (Wildman–Crippen MR) is 200 cm³/mol. The van der Waals surface area contributed by atoms with Crippen LogP contribution in [0.4, 0.5) is 17.1 Å². The Bertz CT molecular complexity index is 2310. The molecule has 1 saturated carbocycles. The van der Waals surface area contributed by atoms with Gasteiger partial charge in [-0.1, -0.05) is 94.4 Å². The maximum Gasteiger partial charge on any atom is 0.537 e. The Hall–Kier alpha value is -4.71. The van der Waals surface area contributed by atoms with E-state index in [0.717, 1.165) is 6.42 Å². The highest BCUT2D eigenvalue weighted by Gasteiger charge is 2.74. The average Bonchev–Trinajstić information content (AvgIpc) is 3.76. The number of benzene rings is 4. The van der Waals surface area contributed by atoms with Gasteiger partial charge in [-0.3, -0.25) is 4.48 Å². The smallest absolute Gasteiger partial charge is 0.372 e. The highest BCUT2D eigenvalue weighted by atomic mass is 15.5. The molecule has 6 heteroatoms. The van der Waals surface area contributed by atoms with Crippen molar-refractivity contribution in [3.05, 3.63) is 137 Å². The Kier molecular flexibility index (Phi) is 5.01. The molecule has 6 aliphatic rings. The summed E-state index contributed by atoms with van der Waals surface area (Å²) in [7, 11) is 2.29. The van der Waals surface area contributed by atoms with Crippen molar-refractivity contribution in [2.24, 2.45) is 5.41 Å². The lowest BCUT2D eigenvalue weighted by atomic mass is 9.50. The Balaban J connectivity index is 1.16. The number of imidazole rings is 1. The standard InChI is InChI=1S/C43H43BN5/c1-26-14-12-15-27(2)37(26)44-45(7)34-21-13-16-28-29-24-43(38(29)46-22-23-48(44)39(46)36(28)34)31-18-9-10-19-32(31)47-25-35-42(5,6)41(3,4)30-17-8-11-20-33(30)49(35)40(43)47/h8-23,25,29,38,40H,24H2,1-7H3/q+1. The Labute approximate surface area is 290 Å². The molecule has 6 heterocycles. The van der Waals surface area contributed by atoms with Gasteiger partial charge in [0, 0.05) is 51.2 Å². The summed E-state index contributed by atoms with van der Waals surface area (Å²) in [5.41, 5.74) is 15.4. The van der Waals surface area contributed by atoms with E-state index in [4.69, 9.17) is 0 Å². The minimum Gasteiger partial charge on any atom is -0.372 e. The van der Waals surface area contributed by atoms with Crippen LogP contribution in [0.5, 0.6) is 0 Å². The van der Waals surface area contributed by atoms with Crippen molar-refractivity contribution < 1.29 is 4.48 Å². The van der Waals surface area contributed by atoms with Gasteiger partial charge in [0.05, 0.1) is 11.0 Å². The summed E-state index contributed by atoms with van der Waals surface area (Å²) < 4.78 is 5.30. The highest BCUT2D eigenvalue weighted by Crippen LogP contribution is 2.73. The molecule has 1 fully saturated rings. The maximum atomic E-state index is 2.78. The lowest BCUT2D eigenvalue weighted by Gasteiger charge is -2.60. The fourth-order valence-corrected chi connectivity index (χ4v) is 11.5. The number of para-hydroxylation sites is 2. The third-order valence-corrected chi connectivity index (χ3v) is 14.4. The van der Waals surface area contributed by atoms with E-state index >= 15 is 0 Å². The quantitative estimate of drug-likeness (QED) is 0.176. The van der Waals surface area contributed by atoms with Crippen molar-refractivity contribution in [1.82, 2.24) is 4.57 Å². The average molecular weight is 641 g/mol. The number of aryl methyl sites for hydroxylation is 2. The van der Waals surface area contributed by atoms with Crippen LogP contribution in [0.25, 0.3) is 11.4 Å². The first kappa shape index (κ1) is 28.2. The van der Waals surface area contributed by atoms with Crippen LogP contribution in [0.3, 0.4) is 0 Å². The van der Waals surface area contributed by atoms with E-state index in [1.165, 1.54) is 67.4 Å². The third kappa shape index (κ3) is 2.95. The van der Waals surface area contributed by atoms with Crippen molar-refractivity contribution >= 4 is 29.5 Å². The topological polar surface area (TPSA) is 18.5 Å². The maximum absolute atomic E-state index is 2.78. The first-order valence-corrected chi connectivity index (χ1v) is 18.1. The molecule has 1 spiro atoms. The van der Waals surface area contributed by atoms with Gasteiger partial charge in [0.1, 0.15) is 24.6 Å². The van der Waals surface area contributed by atoms with Gasteiger partial charge in [0.25, 0.3) is 5.82 Å². The zero-order valence-electron chi connectivity index (χ0n) is 29.6. The lowest BCUT2D eigenvalue weighted by Crippen LogP contribution is -2.72. The second-order valence-electron chi connectivity index (χ2n) is 16.7. The molecule has 0 N–H and O–H groups in total. The summed E-state index contributed by atoms with van der Waals surface area (Å²) in [6, 6.07) is 32.7. The van der Waals surface area contributed by atoms with Gasteiger partial charge in [0.15, 0.2) is 0 Å². The summed E-state index contributed by atoms with van der Waals surface area (Å²) in [5.74, 6) is 1.80. The summed E-state index contributed by atoms with van der Waals surface area (Å²) >= 11 is 0. The van der Waals surface area contributed by atoms with Crippen molar-refractivity contribution in [2.75, 3.05) is 21.7 Å². The van der Waals surface area contributed by atoms with Crippen LogP contribution >= 0.6 is 0 Å². The lowest BCUT2D eigenvalue weighted by molar-refractivity contribution is -0.524. The Morgan fingerprint density at radius 1 is 0.755 bits per heavy atom. The molecule has 242 valence electrons. The molecule has 5 nitrogen and oxygen atoms in total. The molecule has 0 saturated heterocycles. The fraction of sp³-hybridized carbons (Fsp3) is 0.326. The van der Waals surface area contributed by atoms with Crippen LogP contribution in [-0.4, -0.2) is 24.8 Å². The summed E-state index contributed by atoms with van der Waals surface area (Å²) in [6.07, 6.45) is 8.64. The van der Waals surface area contributed by atoms with Gasteiger partial charge >= 0.3 is 6.98 Å². The van der Waals surface area contributed by atoms with Crippen LogP contribution < -0.4 is 24.6 Å². The Morgan fingerprint density at radius 2 is 1.43 bits per heavy atom. The van der Waals surface area contributed by atoms with Gasteiger partial charge in [-0.2, -0.15) is 0 Å². The monoisotopic (exact) mass is 640 g/mol. The van der Waals surface area contributed by atoms with E-state index in [1.807, 2.05) is 0 Å². The van der Waals surface area contributed by atoms with Gasteiger partial charge in [-0.25, -0.2) is 4.57 Å².